The van der Waals surface area contributed by atoms with Crippen LogP contribution in [0.3, 0.4) is 0 Å². The zero-order valence-electron chi connectivity index (χ0n) is 18.1. The highest BCUT2D eigenvalue weighted by Crippen LogP contribution is 2.56. The summed E-state index contributed by atoms with van der Waals surface area (Å²) >= 11 is 11.8. The lowest BCUT2D eigenvalue weighted by Crippen LogP contribution is -2.56. The standard InChI is InChI=1S/C21H25Cl2N3O6/c1-10-16-12(13(8-30-10)18(27)29-4)6-15-21(16,32-20(2,3)31-15)9-25-19(28)26-11-5-14(22)17(23)24-7-11/h5,7-8,10,12,15-16H,6,9H2,1-4H3,(H2,25,26,28). The van der Waals surface area contributed by atoms with E-state index in [0.29, 0.717) is 17.7 Å². The summed E-state index contributed by atoms with van der Waals surface area (Å²) < 4.78 is 23.3. The van der Waals surface area contributed by atoms with E-state index >= 15 is 0 Å². The van der Waals surface area contributed by atoms with Gasteiger partial charge in [0.25, 0.3) is 0 Å². The monoisotopic (exact) mass is 485 g/mol. The van der Waals surface area contributed by atoms with E-state index in [2.05, 4.69) is 15.6 Å². The lowest BCUT2D eigenvalue weighted by atomic mass is 9.77. The van der Waals surface area contributed by atoms with E-state index in [4.69, 9.17) is 42.1 Å². The number of carbonyl (C=O) groups is 2. The summed E-state index contributed by atoms with van der Waals surface area (Å²) in [6, 6.07) is 1.04. The molecule has 1 aromatic rings. The van der Waals surface area contributed by atoms with Crippen LogP contribution in [0.2, 0.25) is 10.2 Å². The molecule has 3 aliphatic rings. The number of hydrogen-bond donors (Lipinski definition) is 2. The van der Waals surface area contributed by atoms with Crippen molar-refractivity contribution >= 4 is 40.9 Å². The number of esters is 1. The molecular weight excluding hydrogens is 461 g/mol. The average molecular weight is 486 g/mol. The third-order valence-electron chi connectivity index (χ3n) is 6.19. The van der Waals surface area contributed by atoms with E-state index in [1.165, 1.54) is 25.6 Å². The highest BCUT2D eigenvalue weighted by Gasteiger charge is 2.67. The molecule has 0 aromatic carbocycles. The lowest BCUT2D eigenvalue weighted by molar-refractivity contribution is -0.190. The first kappa shape index (κ1) is 23.1. The van der Waals surface area contributed by atoms with Crippen molar-refractivity contribution in [1.82, 2.24) is 10.3 Å². The molecule has 5 unspecified atom stereocenters. The maximum Gasteiger partial charge on any atom is 0.337 e. The molecule has 2 N–H and O–H groups in total. The van der Waals surface area contributed by atoms with Gasteiger partial charge in [-0.25, -0.2) is 14.6 Å². The highest BCUT2D eigenvalue weighted by molar-refractivity contribution is 6.41. The number of methoxy groups -OCH3 is 1. The second-order valence-corrected chi connectivity index (χ2v) is 9.41. The van der Waals surface area contributed by atoms with Crippen LogP contribution in [0, 0.1) is 11.8 Å². The van der Waals surface area contributed by atoms with Gasteiger partial charge in [0, 0.05) is 11.8 Å². The Labute approximate surface area is 195 Å². The molecule has 0 radical (unpaired) electrons. The SMILES string of the molecule is COC(=O)C1=COC(C)C2C1CC1OC(C)(C)OC12CNC(=O)Nc1cnc(Cl)c(Cl)c1. The number of rotatable bonds is 4. The topological polar surface area (TPSA) is 108 Å². The fourth-order valence-electron chi connectivity index (χ4n) is 5.10. The first-order chi connectivity index (χ1) is 15.1. The first-order valence-electron chi connectivity index (χ1n) is 10.2. The highest BCUT2D eigenvalue weighted by atomic mass is 35.5. The van der Waals surface area contributed by atoms with E-state index in [-0.39, 0.29) is 40.8 Å². The maximum atomic E-state index is 12.6. The molecule has 2 fully saturated rings. The molecule has 3 heterocycles. The molecule has 11 heteroatoms. The van der Waals surface area contributed by atoms with Crippen molar-refractivity contribution in [1.29, 1.82) is 0 Å². The Morgan fingerprint density at radius 3 is 2.78 bits per heavy atom. The zero-order chi connectivity index (χ0) is 23.3. The Morgan fingerprint density at radius 1 is 1.34 bits per heavy atom. The summed E-state index contributed by atoms with van der Waals surface area (Å²) in [5, 5.41) is 5.93. The predicted octanol–water partition coefficient (Wildman–Crippen LogP) is 3.51. The fourth-order valence-corrected chi connectivity index (χ4v) is 5.37. The van der Waals surface area contributed by atoms with Gasteiger partial charge in [0.2, 0.25) is 0 Å². The largest absolute Gasteiger partial charge is 0.497 e. The van der Waals surface area contributed by atoms with Crippen LogP contribution in [-0.2, 0) is 23.7 Å². The number of ether oxygens (including phenoxy) is 4. The van der Waals surface area contributed by atoms with Crippen molar-refractivity contribution in [2.75, 3.05) is 19.0 Å². The molecule has 0 spiro atoms. The van der Waals surface area contributed by atoms with Crippen LogP contribution in [0.25, 0.3) is 0 Å². The van der Waals surface area contributed by atoms with Crippen molar-refractivity contribution in [3.05, 3.63) is 34.3 Å². The molecule has 1 aliphatic carbocycles. The first-order valence-corrected chi connectivity index (χ1v) is 11.0. The molecule has 174 valence electrons. The molecule has 1 saturated carbocycles. The van der Waals surface area contributed by atoms with Crippen LogP contribution >= 0.6 is 23.2 Å². The molecule has 0 bridgehead atoms. The van der Waals surface area contributed by atoms with Gasteiger partial charge in [-0.05, 0) is 33.3 Å². The number of carbonyl (C=O) groups excluding carboxylic acids is 2. The Balaban J connectivity index is 1.55. The smallest absolute Gasteiger partial charge is 0.337 e. The number of aromatic nitrogens is 1. The van der Waals surface area contributed by atoms with E-state index in [1.807, 2.05) is 20.8 Å². The van der Waals surface area contributed by atoms with Crippen molar-refractivity contribution in [2.24, 2.45) is 11.8 Å². The summed E-state index contributed by atoms with van der Waals surface area (Å²) in [7, 11) is 1.33. The normalized spacial score (nSPS) is 32.2. The summed E-state index contributed by atoms with van der Waals surface area (Å²) in [6.45, 7) is 5.72. The number of anilines is 1. The third kappa shape index (κ3) is 4.03. The molecule has 9 nitrogen and oxygen atoms in total. The minimum absolute atomic E-state index is 0.144. The van der Waals surface area contributed by atoms with Crippen molar-refractivity contribution in [2.45, 2.75) is 50.8 Å². The molecular formula is C21H25Cl2N3O6. The number of nitrogens with one attached hydrogen (secondary N) is 2. The van der Waals surface area contributed by atoms with Crippen molar-refractivity contribution in [3.63, 3.8) is 0 Å². The second kappa shape index (κ2) is 8.37. The van der Waals surface area contributed by atoms with Crippen LogP contribution < -0.4 is 10.6 Å². The van der Waals surface area contributed by atoms with E-state index < -0.39 is 23.4 Å². The zero-order valence-corrected chi connectivity index (χ0v) is 19.6. The lowest BCUT2D eigenvalue weighted by Gasteiger charge is -2.41. The van der Waals surface area contributed by atoms with E-state index in [9.17, 15) is 9.59 Å². The van der Waals surface area contributed by atoms with Crippen LogP contribution in [-0.4, -0.2) is 54.2 Å². The van der Waals surface area contributed by atoms with Gasteiger partial charge in [-0.15, -0.1) is 0 Å². The summed E-state index contributed by atoms with van der Waals surface area (Å²) in [5.41, 5.74) is -0.0564. The molecule has 1 saturated heterocycles. The number of fused-ring (bicyclic) bond motifs is 3. The number of nitrogens with zero attached hydrogens (tertiary/aromatic N) is 1. The van der Waals surface area contributed by atoms with Gasteiger partial charge in [-0.1, -0.05) is 23.2 Å². The molecule has 2 aliphatic heterocycles. The maximum absolute atomic E-state index is 12.6. The van der Waals surface area contributed by atoms with Gasteiger partial charge in [-0.3, -0.25) is 0 Å². The predicted molar refractivity (Wildman–Crippen MR) is 116 cm³/mol. The van der Waals surface area contributed by atoms with E-state index in [0.717, 1.165) is 0 Å². The van der Waals surface area contributed by atoms with Gasteiger partial charge < -0.3 is 29.6 Å². The molecule has 1 aromatic heterocycles. The Hall–Kier alpha value is -2.07. The van der Waals surface area contributed by atoms with Gasteiger partial charge in [-0.2, -0.15) is 0 Å². The van der Waals surface area contributed by atoms with Crippen LogP contribution in [0.15, 0.2) is 24.1 Å². The Bertz CT molecular complexity index is 971. The Morgan fingerprint density at radius 2 is 2.09 bits per heavy atom. The van der Waals surface area contributed by atoms with Gasteiger partial charge in [0.05, 0.1) is 48.5 Å². The van der Waals surface area contributed by atoms with Gasteiger partial charge in [0.1, 0.15) is 16.9 Å². The average Bonchev–Trinajstić information content (AvgIpc) is 3.16. The molecule has 2 amide bonds. The molecule has 32 heavy (non-hydrogen) atoms. The minimum atomic E-state index is -0.894. The molecule has 4 rings (SSSR count). The third-order valence-corrected chi connectivity index (χ3v) is 6.87. The van der Waals surface area contributed by atoms with Crippen LogP contribution in [0.1, 0.15) is 27.2 Å². The number of halogens is 2. The van der Waals surface area contributed by atoms with Gasteiger partial charge >= 0.3 is 12.0 Å². The van der Waals surface area contributed by atoms with Crippen LogP contribution in [0.4, 0.5) is 10.5 Å². The summed E-state index contributed by atoms with van der Waals surface area (Å²) in [4.78, 5) is 28.9. The number of pyridine rings is 1. The Kier molecular flexibility index (Phi) is 6.04. The van der Waals surface area contributed by atoms with Crippen molar-refractivity contribution in [3.8, 4) is 0 Å². The minimum Gasteiger partial charge on any atom is -0.497 e. The number of urea groups is 1. The number of amides is 2. The summed E-state index contributed by atoms with van der Waals surface area (Å²) in [6.07, 6.45) is 2.80. The molecule has 5 atom stereocenters. The van der Waals surface area contributed by atoms with Gasteiger partial charge in [0.15, 0.2) is 5.79 Å². The second-order valence-electron chi connectivity index (χ2n) is 8.64. The van der Waals surface area contributed by atoms with E-state index in [1.54, 1.807) is 0 Å². The van der Waals surface area contributed by atoms with Crippen molar-refractivity contribution < 1.29 is 28.5 Å². The fraction of sp³-hybridized carbons (Fsp3) is 0.571. The summed E-state index contributed by atoms with van der Waals surface area (Å²) in [5.74, 6) is -1.72. The van der Waals surface area contributed by atoms with Crippen LogP contribution in [0.5, 0.6) is 0 Å². The number of hydrogen-bond acceptors (Lipinski definition) is 7. The quantitative estimate of drug-likeness (QED) is 0.495.